The van der Waals surface area contributed by atoms with E-state index in [9.17, 15) is 0 Å². The molecule has 11 aromatic carbocycles. The van der Waals surface area contributed by atoms with Crippen molar-refractivity contribution in [3.05, 3.63) is 158 Å². The maximum absolute atomic E-state index is 2.41. The molecule has 224 valence electrons. The van der Waals surface area contributed by atoms with Gasteiger partial charge in [0, 0.05) is 0 Å². The van der Waals surface area contributed by atoms with Crippen molar-refractivity contribution in [3.63, 3.8) is 0 Å². The quantitative estimate of drug-likeness (QED) is 0.183. The molecule has 0 heteroatoms. The van der Waals surface area contributed by atoms with Gasteiger partial charge >= 0.3 is 0 Å². The molecule has 0 N–H and O–H groups in total. The molecule has 0 aliphatic carbocycles. The fraction of sp³-hybridized carbons (Fsp3) is 0.0417. The standard InChI is InChI=1S/C46H26.C2H6/c1-3-11-31-25-33(23-21-27(31)9-1)41-43-35-17-5-13-29-15-7-19-37(39(29)35)45(43)42(34-24-22-28-10-2-4-12-32(28)26-34)46-38-20-8-16-30-14-6-18-36(40(30)38)44(41)46;1-2/h1-26H;1-2H3. The highest BCUT2D eigenvalue weighted by Crippen LogP contribution is 2.55. The number of hydrogen-bond acceptors (Lipinski definition) is 0. The van der Waals surface area contributed by atoms with Crippen molar-refractivity contribution in [2.24, 2.45) is 0 Å². The third-order valence-corrected chi connectivity index (χ3v) is 10.5. The molecule has 11 aromatic rings. The van der Waals surface area contributed by atoms with Gasteiger partial charge in [-0.15, -0.1) is 0 Å². The van der Waals surface area contributed by atoms with Gasteiger partial charge in [0.1, 0.15) is 0 Å². The topological polar surface area (TPSA) is 0 Å². The lowest BCUT2D eigenvalue weighted by molar-refractivity contribution is 1.50. The molecule has 0 spiro atoms. The van der Waals surface area contributed by atoms with Gasteiger partial charge in [-0.2, -0.15) is 0 Å². The number of benzene rings is 9. The van der Waals surface area contributed by atoms with E-state index in [1.54, 1.807) is 0 Å². The van der Waals surface area contributed by atoms with E-state index in [-0.39, 0.29) is 0 Å². The average Bonchev–Trinajstić information content (AvgIpc) is 3.67. The fourth-order valence-corrected chi connectivity index (χ4v) is 8.61. The SMILES string of the molecule is CC.c1ccc2cc(-c3c4c5cccc6cccc(c4c(-c4ccc7ccccc7c4)c4c7cccc8cccc(c34)c87)c65)ccc2c1. The highest BCUT2D eigenvalue weighted by molar-refractivity contribution is 6.46. The molecule has 0 radical (unpaired) electrons. The summed E-state index contributed by atoms with van der Waals surface area (Å²) in [6, 6.07) is 59.0. The second-order valence-electron chi connectivity index (χ2n) is 12.8. The third-order valence-electron chi connectivity index (χ3n) is 10.5. The Morgan fingerprint density at radius 1 is 0.250 bits per heavy atom. The molecule has 48 heavy (non-hydrogen) atoms. The predicted molar refractivity (Wildman–Crippen MR) is 211 cm³/mol. The lowest BCUT2D eigenvalue weighted by Gasteiger charge is -2.16. The summed E-state index contributed by atoms with van der Waals surface area (Å²) in [4.78, 5) is 0. The van der Waals surface area contributed by atoms with Gasteiger partial charge in [0.15, 0.2) is 0 Å². The van der Waals surface area contributed by atoms with Crippen LogP contribution in [0.25, 0.3) is 108 Å². The van der Waals surface area contributed by atoms with Crippen molar-refractivity contribution in [2.45, 2.75) is 13.8 Å². The van der Waals surface area contributed by atoms with Crippen LogP contribution in [0.1, 0.15) is 13.8 Å². The molecular weight excluding hydrogens is 577 g/mol. The minimum Gasteiger partial charge on any atom is -0.0683 e. The van der Waals surface area contributed by atoms with Crippen LogP contribution in [0.2, 0.25) is 0 Å². The van der Waals surface area contributed by atoms with Crippen LogP contribution in [0.4, 0.5) is 0 Å². The zero-order valence-electron chi connectivity index (χ0n) is 27.0. The minimum atomic E-state index is 1.27. The molecular formula is C48H32. The van der Waals surface area contributed by atoms with E-state index in [1.165, 1.54) is 108 Å². The van der Waals surface area contributed by atoms with Crippen LogP contribution in [0.5, 0.6) is 0 Å². The first-order valence-corrected chi connectivity index (χ1v) is 17.1. The highest BCUT2D eigenvalue weighted by atomic mass is 14.3. The minimum absolute atomic E-state index is 1.27. The Labute approximate surface area is 279 Å². The molecule has 0 aromatic heterocycles. The van der Waals surface area contributed by atoms with Crippen LogP contribution in [0.15, 0.2) is 158 Å². The predicted octanol–water partition coefficient (Wildman–Crippen LogP) is 14.1. The Morgan fingerprint density at radius 2 is 0.562 bits per heavy atom. The van der Waals surface area contributed by atoms with Gasteiger partial charge < -0.3 is 0 Å². The van der Waals surface area contributed by atoms with Gasteiger partial charge in [0.25, 0.3) is 0 Å². The summed E-state index contributed by atoms with van der Waals surface area (Å²) in [5, 5.41) is 21.1. The molecule has 0 saturated heterocycles. The molecule has 0 atom stereocenters. The molecule has 0 saturated carbocycles. The highest BCUT2D eigenvalue weighted by Gasteiger charge is 2.27. The summed E-state index contributed by atoms with van der Waals surface area (Å²) in [7, 11) is 0. The second kappa shape index (κ2) is 10.3. The average molecular weight is 609 g/mol. The summed E-state index contributed by atoms with van der Waals surface area (Å²) < 4.78 is 0. The van der Waals surface area contributed by atoms with Crippen molar-refractivity contribution < 1.29 is 0 Å². The Hall–Kier alpha value is -5.98. The van der Waals surface area contributed by atoms with Crippen LogP contribution in [0, 0.1) is 0 Å². The van der Waals surface area contributed by atoms with Crippen LogP contribution in [-0.2, 0) is 0 Å². The van der Waals surface area contributed by atoms with Gasteiger partial charge in [0.05, 0.1) is 0 Å². The molecule has 0 heterocycles. The van der Waals surface area contributed by atoms with E-state index in [1.807, 2.05) is 13.8 Å². The largest absolute Gasteiger partial charge is 0.0683 e. The first-order chi connectivity index (χ1) is 23.8. The first kappa shape index (κ1) is 27.2. The van der Waals surface area contributed by atoms with E-state index >= 15 is 0 Å². The third kappa shape index (κ3) is 3.60. The Bertz CT molecular complexity index is 2690. The number of rotatable bonds is 2. The molecule has 0 aliphatic rings. The number of fused-ring (bicyclic) bond motifs is 8. The molecule has 0 amide bonds. The van der Waals surface area contributed by atoms with Crippen molar-refractivity contribution >= 4 is 86.2 Å². The molecule has 0 nitrogen and oxygen atoms in total. The monoisotopic (exact) mass is 608 g/mol. The lowest BCUT2D eigenvalue weighted by atomic mass is 9.86. The normalized spacial score (nSPS) is 12.0. The van der Waals surface area contributed by atoms with E-state index in [0.717, 1.165) is 0 Å². The summed E-state index contributed by atoms with van der Waals surface area (Å²) in [5.74, 6) is 0. The van der Waals surface area contributed by atoms with Crippen molar-refractivity contribution in [3.8, 4) is 22.3 Å². The molecule has 11 rings (SSSR count). The summed E-state index contributed by atoms with van der Waals surface area (Å²) in [6.45, 7) is 4.00. The van der Waals surface area contributed by atoms with Gasteiger partial charge in [-0.05, 0) is 121 Å². The first-order valence-electron chi connectivity index (χ1n) is 17.1. The summed E-state index contributed by atoms with van der Waals surface area (Å²) in [6.07, 6.45) is 0. The van der Waals surface area contributed by atoms with Crippen molar-refractivity contribution in [1.29, 1.82) is 0 Å². The van der Waals surface area contributed by atoms with Gasteiger partial charge in [-0.1, -0.05) is 159 Å². The van der Waals surface area contributed by atoms with Crippen molar-refractivity contribution in [2.75, 3.05) is 0 Å². The van der Waals surface area contributed by atoms with E-state index < -0.39 is 0 Å². The smallest absolute Gasteiger partial charge is 0.000718 e. The van der Waals surface area contributed by atoms with Crippen LogP contribution >= 0.6 is 0 Å². The Morgan fingerprint density at radius 3 is 0.917 bits per heavy atom. The van der Waals surface area contributed by atoms with E-state index in [0.29, 0.717) is 0 Å². The van der Waals surface area contributed by atoms with Gasteiger partial charge in [0.2, 0.25) is 0 Å². The Balaban J connectivity index is 0.00000145. The van der Waals surface area contributed by atoms with E-state index in [4.69, 9.17) is 0 Å². The maximum Gasteiger partial charge on any atom is -0.000718 e. The summed E-state index contributed by atoms with van der Waals surface area (Å²) >= 11 is 0. The Kier molecular flexibility index (Phi) is 5.81. The van der Waals surface area contributed by atoms with Crippen molar-refractivity contribution in [1.82, 2.24) is 0 Å². The zero-order valence-corrected chi connectivity index (χ0v) is 27.0. The van der Waals surface area contributed by atoms with Crippen LogP contribution in [-0.4, -0.2) is 0 Å². The van der Waals surface area contributed by atoms with Gasteiger partial charge in [-0.3, -0.25) is 0 Å². The summed E-state index contributed by atoms with van der Waals surface area (Å²) in [5.41, 5.74) is 5.22. The molecule has 0 fully saturated rings. The molecule has 0 bridgehead atoms. The van der Waals surface area contributed by atoms with Crippen LogP contribution < -0.4 is 0 Å². The van der Waals surface area contributed by atoms with E-state index in [2.05, 4.69) is 158 Å². The fourth-order valence-electron chi connectivity index (χ4n) is 8.61. The lowest BCUT2D eigenvalue weighted by Crippen LogP contribution is -1.88. The molecule has 0 unspecified atom stereocenters. The van der Waals surface area contributed by atoms with Gasteiger partial charge in [-0.25, -0.2) is 0 Å². The maximum atomic E-state index is 2.41. The van der Waals surface area contributed by atoms with Crippen LogP contribution in [0.3, 0.4) is 0 Å². The zero-order chi connectivity index (χ0) is 31.9. The second-order valence-corrected chi connectivity index (χ2v) is 12.8. The number of hydrogen-bond donors (Lipinski definition) is 0. The molecule has 0 aliphatic heterocycles.